The van der Waals surface area contributed by atoms with Crippen LogP contribution in [0.1, 0.15) is 5.56 Å². The van der Waals surface area contributed by atoms with Crippen molar-refractivity contribution in [3.05, 3.63) is 46.6 Å². The van der Waals surface area contributed by atoms with E-state index >= 15 is 0 Å². The fourth-order valence-electron chi connectivity index (χ4n) is 1.31. The van der Waals surface area contributed by atoms with E-state index in [1.807, 2.05) is 25.1 Å². The molecular weight excluding hydrogens is 273 g/mol. The Kier molecular flexibility index (Phi) is 3.14. The molecule has 0 unspecified atom stereocenters. The average molecular weight is 282 g/mol. The van der Waals surface area contributed by atoms with Gasteiger partial charge in [-0.05, 0) is 30.7 Å². The Morgan fingerprint density at radius 3 is 2.75 bits per heavy atom. The zero-order valence-corrected chi connectivity index (χ0v) is 10.1. The molecule has 0 aliphatic rings. The summed E-state index contributed by atoms with van der Waals surface area (Å²) in [6.45, 7) is 1.96. The highest BCUT2D eigenvalue weighted by molar-refractivity contribution is 9.10. The third-order valence-corrected chi connectivity index (χ3v) is 2.58. The number of benzene rings is 1. The molecule has 0 bridgehead atoms. The fourth-order valence-corrected chi connectivity index (χ4v) is 1.78. The third-order valence-electron chi connectivity index (χ3n) is 2.08. The summed E-state index contributed by atoms with van der Waals surface area (Å²) >= 11 is 3.38. The maximum absolute atomic E-state index is 12.8. The van der Waals surface area contributed by atoms with Gasteiger partial charge in [-0.3, -0.25) is 0 Å². The molecule has 1 aromatic heterocycles. The summed E-state index contributed by atoms with van der Waals surface area (Å²) in [7, 11) is 0. The van der Waals surface area contributed by atoms with Gasteiger partial charge < -0.3 is 5.32 Å². The van der Waals surface area contributed by atoms with E-state index in [4.69, 9.17) is 0 Å². The Bertz CT molecular complexity index is 516. The predicted octanol–water partition coefficient (Wildman–Crippen LogP) is 3.43. The van der Waals surface area contributed by atoms with E-state index in [1.165, 1.54) is 12.4 Å². The number of halogens is 2. The number of hydrogen-bond acceptors (Lipinski definition) is 3. The lowest BCUT2D eigenvalue weighted by Crippen LogP contribution is -1.97. The van der Waals surface area contributed by atoms with E-state index in [1.54, 1.807) is 0 Å². The van der Waals surface area contributed by atoms with Crippen molar-refractivity contribution in [3.63, 3.8) is 0 Å². The Balaban J connectivity index is 2.27. The van der Waals surface area contributed by atoms with Gasteiger partial charge in [0.2, 0.25) is 5.95 Å². The van der Waals surface area contributed by atoms with Crippen molar-refractivity contribution in [2.24, 2.45) is 0 Å². The number of aromatic nitrogens is 2. The minimum atomic E-state index is -0.549. The van der Waals surface area contributed by atoms with E-state index in [0.717, 1.165) is 15.7 Å². The normalized spacial score (nSPS) is 10.2. The first kappa shape index (κ1) is 11.0. The first-order valence-corrected chi connectivity index (χ1v) is 5.45. The van der Waals surface area contributed by atoms with E-state index in [2.05, 4.69) is 31.2 Å². The van der Waals surface area contributed by atoms with Gasteiger partial charge in [-0.25, -0.2) is 9.97 Å². The zero-order chi connectivity index (χ0) is 11.5. The smallest absolute Gasteiger partial charge is 0.218 e. The monoisotopic (exact) mass is 281 g/mol. The van der Waals surface area contributed by atoms with Gasteiger partial charge in [0, 0.05) is 16.2 Å². The minimum Gasteiger partial charge on any atom is -0.340 e. The van der Waals surface area contributed by atoms with Gasteiger partial charge in [-0.2, -0.15) is 4.39 Å². The topological polar surface area (TPSA) is 37.8 Å². The Morgan fingerprint density at radius 2 is 2.06 bits per heavy atom. The highest BCUT2D eigenvalue weighted by Gasteiger charge is 2.01. The summed E-state index contributed by atoms with van der Waals surface area (Å²) in [5.74, 6) is -0.106. The van der Waals surface area contributed by atoms with Crippen LogP contribution < -0.4 is 5.32 Å². The number of hydrogen-bond donors (Lipinski definition) is 1. The number of nitrogens with zero attached hydrogens (tertiary/aromatic N) is 2. The predicted molar refractivity (Wildman–Crippen MR) is 64.2 cm³/mol. The van der Waals surface area contributed by atoms with Crippen LogP contribution in [0.5, 0.6) is 0 Å². The largest absolute Gasteiger partial charge is 0.340 e. The molecule has 0 saturated heterocycles. The highest BCUT2D eigenvalue weighted by atomic mass is 79.9. The molecule has 0 aliphatic heterocycles. The van der Waals surface area contributed by atoms with Gasteiger partial charge in [0.05, 0.1) is 0 Å². The Labute approximate surface area is 101 Å². The molecule has 0 saturated carbocycles. The molecule has 82 valence electrons. The summed E-state index contributed by atoms with van der Waals surface area (Å²) in [4.78, 5) is 7.32. The second-order valence-electron chi connectivity index (χ2n) is 3.31. The summed E-state index contributed by atoms with van der Waals surface area (Å²) in [5.41, 5.74) is 1.94. The third kappa shape index (κ3) is 2.55. The number of aryl methyl sites for hydroxylation is 1. The van der Waals surface area contributed by atoms with Crippen molar-refractivity contribution in [1.82, 2.24) is 9.97 Å². The van der Waals surface area contributed by atoms with Crippen LogP contribution in [-0.2, 0) is 0 Å². The lowest BCUT2D eigenvalue weighted by Gasteiger charge is -2.08. The molecule has 0 fully saturated rings. The average Bonchev–Trinajstić information content (AvgIpc) is 2.22. The van der Waals surface area contributed by atoms with E-state index in [9.17, 15) is 4.39 Å². The van der Waals surface area contributed by atoms with Gasteiger partial charge in [0.25, 0.3) is 0 Å². The van der Waals surface area contributed by atoms with Crippen molar-refractivity contribution < 1.29 is 4.39 Å². The molecule has 2 aromatic rings. The molecule has 1 heterocycles. The Morgan fingerprint density at radius 1 is 1.25 bits per heavy atom. The van der Waals surface area contributed by atoms with Crippen LogP contribution in [-0.4, -0.2) is 9.97 Å². The molecule has 0 radical (unpaired) electrons. The van der Waals surface area contributed by atoms with Gasteiger partial charge in [0.1, 0.15) is 12.1 Å². The maximum Gasteiger partial charge on any atom is 0.218 e. The summed E-state index contributed by atoms with van der Waals surface area (Å²) in [6.07, 6.45) is 1.19. The molecule has 2 rings (SSSR count). The maximum atomic E-state index is 12.8. The van der Waals surface area contributed by atoms with Crippen LogP contribution in [0.3, 0.4) is 0 Å². The summed E-state index contributed by atoms with van der Waals surface area (Å²) < 4.78 is 13.8. The molecular formula is C11H9BrFN3. The van der Waals surface area contributed by atoms with Crippen molar-refractivity contribution in [1.29, 1.82) is 0 Å². The standard InChI is InChI=1S/C11H9BrFN3/c1-7-4-8(12)2-3-9(7)16-11-5-10(13)14-6-15-11/h2-6H,1H3,(H,14,15,16). The van der Waals surface area contributed by atoms with Crippen molar-refractivity contribution >= 4 is 27.4 Å². The SMILES string of the molecule is Cc1cc(Br)ccc1Nc1cc(F)ncn1. The van der Waals surface area contributed by atoms with Gasteiger partial charge in [-0.15, -0.1) is 0 Å². The van der Waals surface area contributed by atoms with Crippen molar-refractivity contribution in [2.45, 2.75) is 6.92 Å². The van der Waals surface area contributed by atoms with Crippen LogP contribution in [0.2, 0.25) is 0 Å². The molecule has 0 atom stereocenters. The number of nitrogens with one attached hydrogen (secondary N) is 1. The number of anilines is 2. The summed E-state index contributed by atoms with van der Waals surface area (Å²) in [5, 5.41) is 3.03. The molecule has 0 spiro atoms. The van der Waals surface area contributed by atoms with Crippen LogP contribution in [0.4, 0.5) is 15.9 Å². The lowest BCUT2D eigenvalue weighted by molar-refractivity contribution is 0.580. The summed E-state index contributed by atoms with van der Waals surface area (Å²) in [6, 6.07) is 7.04. The molecule has 1 N–H and O–H groups in total. The molecule has 3 nitrogen and oxygen atoms in total. The van der Waals surface area contributed by atoms with Crippen LogP contribution in [0, 0.1) is 12.9 Å². The minimum absolute atomic E-state index is 0.443. The molecule has 0 aliphatic carbocycles. The van der Waals surface area contributed by atoms with E-state index in [0.29, 0.717) is 5.82 Å². The van der Waals surface area contributed by atoms with Gasteiger partial charge >= 0.3 is 0 Å². The molecule has 1 aromatic carbocycles. The van der Waals surface area contributed by atoms with Gasteiger partial charge in [0.15, 0.2) is 0 Å². The van der Waals surface area contributed by atoms with E-state index in [-0.39, 0.29) is 0 Å². The van der Waals surface area contributed by atoms with Gasteiger partial charge in [-0.1, -0.05) is 15.9 Å². The van der Waals surface area contributed by atoms with Crippen LogP contribution in [0.25, 0.3) is 0 Å². The quantitative estimate of drug-likeness (QED) is 0.857. The van der Waals surface area contributed by atoms with Crippen LogP contribution in [0.15, 0.2) is 35.1 Å². The molecule has 16 heavy (non-hydrogen) atoms. The second kappa shape index (κ2) is 4.57. The number of rotatable bonds is 2. The molecule has 5 heteroatoms. The molecule has 0 amide bonds. The highest BCUT2D eigenvalue weighted by Crippen LogP contribution is 2.22. The first-order valence-electron chi connectivity index (χ1n) is 4.66. The zero-order valence-electron chi connectivity index (χ0n) is 8.54. The van der Waals surface area contributed by atoms with Crippen LogP contribution >= 0.6 is 15.9 Å². The fraction of sp³-hybridized carbons (Fsp3) is 0.0909. The lowest BCUT2D eigenvalue weighted by atomic mass is 10.2. The van der Waals surface area contributed by atoms with Crippen molar-refractivity contribution in [2.75, 3.05) is 5.32 Å². The van der Waals surface area contributed by atoms with Crippen molar-refractivity contribution in [3.8, 4) is 0 Å². The first-order chi connectivity index (χ1) is 7.65. The van der Waals surface area contributed by atoms with E-state index < -0.39 is 5.95 Å². The Hall–Kier alpha value is -1.49. The second-order valence-corrected chi connectivity index (χ2v) is 4.23.